The highest BCUT2D eigenvalue weighted by Gasteiger charge is 2.13. The van der Waals surface area contributed by atoms with Crippen LogP contribution < -0.4 is 0 Å². The van der Waals surface area contributed by atoms with Crippen LogP contribution in [0.15, 0.2) is 36.9 Å². The Morgan fingerprint density at radius 3 is 2.86 bits per heavy atom. The average molecular weight is 291 g/mol. The topological polar surface area (TPSA) is 58.9 Å². The van der Waals surface area contributed by atoms with Gasteiger partial charge in [-0.15, -0.1) is 0 Å². The lowest BCUT2D eigenvalue weighted by molar-refractivity contribution is 0.870. The van der Waals surface area contributed by atoms with Gasteiger partial charge in [0.15, 0.2) is 5.65 Å². The first kappa shape index (κ1) is 13.0. The molecule has 110 valence electrons. The summed E-state index contributed by atoms with van der Waals surface area (Å²) in [4.78, 5) is 4.29. The van der Waals surface area contributed by atoms with Crippen molar-refractivity contribution >= 4 is 16.6 Å². The smallest absolute Gasteiger partial charge is 0.158 e. The number of aromatic amines is 1. The summed E-state index contributed by atoms with van der Waals surface area (Å²) in [7, 11) is 0. The van der Waals surface area contributed by atoms with Gasteiger partial charge in [-0.3, -0.25) is 5.10 Å². The van der Waals surface area contributed by atoms with Gasteiger partial charge in [0.05, 0.1) is 11.7 Å². The molecule has 0 radical (unpaired) electrons. The number of H-pyrrole nitrogens is 1. The molecule has 0 aliphatic carbocycles. The number of fused-ring (bicyclic) bond motifs is 2. The molecule has 1 N–H and O–H groups in total. The number of rotatable bonds is 2. The van der Waals surface area contributed by atoms with Crippen molar-refractivity contribution < 1.29 is 0 Å². The summed E-state index contributed by atoms with van der Waals surface area (Å²) in [6, 6.07) is 6.57. The molecule has 3 heterocycles. The first-order chi connectivity index (χ1) is 10.6. The van der Waals surface area contributed by atoms with Crippen LogP contribution in [-0.4, -0.2) is 24.8 Å². The maximum Gasteiger partial charge on any atom is 0.158 e. The number of aromatic nitrogens is 5. The minimum Gasteiger partial charge on any atom is -0.278 e. The predicted molar refractivity (Wildman–Crippen MR) is 86.9 cm³/mol. The summed E-state index contributed by atoms with van der Waals surface area (Å²) in [5.74, 6) is 0.432. The molecular weight excluding hydrogens is 274 g/mol. The van der Waals surface area contributed by atoms with Crippen LogP contribution in [0.25, 0.3) is 27.7 Å². The van der Waals surface area contributed by atoms with E-state index in [0.717, 1.165) is 27.7 Å². The summed E-state index contributed by atoms with van der Waals surface area (Å²) in [5.41, 5.74) is 6.75. The highest BCUT2D eigenvalue weighted by atomic mass is 15.3. The minimum absolute atomic E-state index is 0.432. The monoisotopic (exact) mass is 291 g/mol. The van der Waals surface area contributed by atoms with E-state index in [1.165, 1.54) is 11.1 Å². The molecule has 0 spiro atoms. The van der Waals surface area contributed by atoms with Crippen LogP contribution in [0.3, 0.4) is 0 Å². The van der Waals surface area contributed by atoms with Crippen LogP contribution in [0.5, 0.6) is 0 Å². The van der Waals surface area contributed by atoms with Gasteiger partial charge < -0.3 is 0 Å². The van der Waals surface area contributed by atoms with Gasteiger partial charge in [-0.2, -0.15) is 10.2 Å². The number of hydrogen-bond donors (Lipinski definition) is 1. The van der Waals surface area contributed by atoms with Crippen molar-refractivity contribution in [3.8, 4) is 11.1 Å². The molecule has 0 atom stereocenters. The second kappa shape index (κ2) is 4.66. The maximum absolute atomic E-state index is 4.29. The molecule has 5 nitrogen and oxygen atoms in total. The summed E-state index contributed by atoms with van der Waals surface area (Å²) < 4.78 is 1.84. The Kier molecular flexibility index (Phi) is 2.76. The van der Waals surface area contributed by atoms with Gasteiger partial charge in [0.1, 0.15) is 6.33 Å². The quantitative estimate of drug-likeness (QED) is 0.612. The zero-order chi connectivity index (χ0) is 15.3. The van der Waals surface area contributed by atoms with Crippen molar-refractivity contribution in [1.29, 1.82) is 0 Å². The maximum atomic E-state index is 4.29. The number of nitrogens with zero attached hydrogens (tertiary/aromatic N) is 4. The fourth-order valence-corrected chi connectivity index (χ4v) is 2.98. The van der Waals surface area contributed by atoms with Gasteiger partial charge in [-0.1, -0.05) is 13.8 Å². The summed E-state index contributed by atoms with van der Waals surface area (Å²) in [5, 5.41) is 12.6. The first-order valence-corrected chi connectivity index (χ1v) is 7.41. The van der Waals surface area contributed by atoms with Gasteiger partial charge in [0.2, 0.25) is 0 Å². The van der Waals surface area contributed by atoms with Crippen molar-refractivity contribution in [3.05, 3.63) is 48.0 Å². The third-order valence-corrected chi connectivity index (χ3v) is 4.10. The van der Waals surface area contributed by atoms with Crippen LogP contribution in [0.4, 0.5) is 0 Å². The lowest BCUT2D eigenvalue weighted by Crippen LogP contribution is -1.97. The molecule has 0 amide bonds. The molecule has 4 rings (SSSR count). The zero-order valence-corrected chi connectivity index (χ0v) is 12.8. The third kappa shape index (κ3) is 1.89. The van der Waals surface area contributed by atoms with E-state index in [1.54, 1.807) is 6.33 Å². The van der Waals surface area contributed by atoms with Crippen LogP contribution in [0.2, 0.25) is 0 Å². The van der Waals surface area contributed by atoms with E-state index in [-0.39, 0.29) is 0 Å². The van der Waals surface area contributed by atoms with Gasteiger partial charge in [-0.25, -0.2) is 9.50 Å². The van der Waals surface area contributed by atoms with E-state index >= 15 is 0 Å². The Bertz CT molecular complexity index is 977. The number of benzene rings is 1. The van der Waals surface area contributed by atoms with Crippen molar-refractivity contribution in [2.75, 3.05) is 0 Å². The van der Waals surface area contributed by atoms with Gasteiger partial charge in [-0.05, 0) is 47.7 Å². The SMILES string of the molecule is Cc1cc(-c2cc3[nH]ncc3cc2C(C)C)cn2ncnc12. The van der Waals surface area contributed by atoms with Crippen molar-refractivity contribution in [2.45, 2.75) is 26.7 Å². The molecule has 0 saturated heterocycles. The van der Waals surface area contributed by atoms with E-state index < -0.39 is 0 Å². The molecule has 1 aromatic carbocycles. The Balaban J connectivity index is 2.03. The molecule has 3 aromatic heterocycles. The molecule has 0 aliphatic rings. The van der Waals surface area contributed by atoms with E-state index in [9.17, 15) is 0 Å². The molecule has 4 aromatic rings. The van der Waals surface area contributed by atoms with Crippen LogP contribution in [-0.2, 0) is 0 Å². The molecule has 0 fully saturated rings. The molecule has 0 aliphatic heterocycles. The normalized spacial score (nSPS) is 11.8. The standard InChI is InChI=1S/C17H17N5/c1-10(2)14-5-12-7-19-21-16(12)6-15(14)13-4-11(3)17-18-9-20-22(17)8-13/h4-10H,1-3H3,(H,19,21). The van der Waals surface area contributed by atoms with Crippen LogP contribution >= 0.6 is 0 Å². The van der Waals surface area contributed by atoms with Crippen molar-refractivity contribution in [1.82, 2.24) is 24.8 Å². The Labute approximate surface area is 128 Å². The largest absolute Gasteiger partial charge is 0.278 e. The van der Waals surface area contributed by atoms with E-state index in [1.807, 2.05) is 16.9 Å². The lowest BCUT2D eigenvalue weighted by Gasteiger charge is -2.14. The van der Waals surface area contributed by atoms with Gasteiger partial charge in [0.25, 0.3) is 0 Å². The molecule has 0 bridgehead atoms. The fourth-order valence-electron chi connectivity index (χ4n) is 2.98. The second-order valence-corrected chi connectivity index (χ2v) is 5.99. The minimum atomic E-state index is 0.432. The second-order valence-electron chi connectivity index (χ2n) is 5.99. The van der Waals surface area contributed by atoms with Gasteiger partial charge >= 0.3 is 0 Å². The van der Waals surface area contributed by atoms with Crippen molar-refractivity contribution in [3.63, 3.8) is 0 Å². The van der Waals surface area contributed by atoms with Gasteiger partial charge in [0, 0.05) is 17.1 Å². The zero-order valence-electron chi connectivity index (χ0n) is 12.8. The van der Waals surface area contributed by atoms with E-state index in [0.29, 0.717) is 5.92 Å². The number of pyridine rings is 1. The Morgan fingerprint density at radius 2 is 2.05 bits per heavy atom. The first-order valence-electron chi connectivity index (χ1n) is 7.41. The lowest BCUT2D eigenvalue weighted by atomic mass is 9.91. The van der Waals surface area contributed by atoms with Crippen LogP contribution in [0.1, 0.15) is 30.9 Å². The fraction of sp³-hybridized carbons (Fsp3) is 0.235. The summed E-state index contributed by atoms with van der Waals surface area (Å²) >= 11 is 0. The molecule has 5 heteroatoms. The molecular formula is C17H17N5. The molecule has 0 unspecified atom stereocenters. The Hall–Kier alpha value is -2.69. The number of nitrogens with one attached hydrogen (secondary N) is 1. The summed E-state index contributed by atoms with van der Waals surface area (Å²) in [6.45, 7) is 6.49. The summed E-state index contributed by atoms with van der Waals surface area (Å²) in [6.07, 6.45) is 5.50. The molecule has 0 saturated carbocycles. The Morgan fingerprint density at radius 1 is 1.18 bits per heavy atom. The molecule has 22 heavy (non-hydrogen) atoms. The van der Waals surface area contributed by atoms with E-state index in [4.69, 9.17) is 0 Å². The van der Waals surface area contributed by atoms with Crippen LogP contribution in [0, 0.1) is 6.92 Å². The number of aryl methyl sites for hydroxylation is 1. The van der Waals surface area contributed by atoms with Crippen molar-refractivity contribution in [2.24, 2.45) is 0 Å². The average Bonchev–Trinajstić information content (AvgIpc) is 3.13. The highest BCUT2D eigenvalue weighted by Crippen LogP contribution is 2.33. The van der Waals surface area contributed by atoms with E-state index in [2.05, 4.69) is 59.3 Å². The predicted octanol–water partition coefficient (Wildman–Crippen LogP) is 3.70. The highest BCUT2D eigenvalue weighted by molar-refractivity contribution is 5.86. The third-order valence-electron chi connectivity index (χ3n) is 4.10. The number of hydrogen-bond acceptors (Lipinski definition) is 3.